The first-order valence-electron chi connectivity index (χ1n) is 5.59. The smallest absolute Gasteiger partial charge is 0.339 e. The summed E-state index contributed by atoms with van der Waals surface area (Å²) in [6.45, 7) is 0.455. The number of nitrogens with two attached hydrogens (primary N) is 1. The fourth-order valence-electron chi connectivity index (χ4n) is 1.74. The van der Waals surface area contributed by atoms with Crippen molar-refractivity contribution in [3.05, 3.63) is 53.7 Å². The average molecular weight is 242 g/mol. The molecule has 0 atom stereocenters. The zero-order valence-electron chi connectivity index (χ0n) is 10.1. The van der Waals surface area contributed by atoms with Crippen molar-refractivity contribution in [3.8, 4) is 11.3 Å². The lowest BCUT2D eigenvalue weighted by molar-refractivity contribution is 0.0600. The normalized spacial score (nSPS) is 10.1. The third-order valence-electron chi connectivity index (χ3n) is 2.70. The van der Waals surface area contributed by atoms with E-state index in [9.17, 15) is 4.79 Å². The molecule has 18 heavy (non-hydrogen) atoms. The van der Waals surface area contributed by atoms with Crippen LogP contribution in [-0.2, 0) is 11.3 Å². The predicted octanol–water partition coefficient (Wildman–Crippen LogP) is 1.99. The highest BCUT2D eigenvalue weighted by atomic mass is 16.5. The van der Waals surface area contributed by atoms with Crippen molar-refractivity contribution in [1.82, 2.24) is 4.98 Å². The number of ether oxygens (including phenoxy) is 1. The van der Waals surface area contributed by atoms with Gasteiger partial charge in [0.1, 0.15) is 0 Å². The van der Waals surface area contributed by atoms with Crippen LogP contribution in [0.4, 0.5) is 0 Å². The number of methoxy groups -OCH3 is 1. The number of carbonyl (C=O) groups excluding carboxylic acids is 1. The first-order valence-corrected chi connectivity index (χ1v) is 5.59. The Morgan fingerprint density at radius 2 is 2.06 bits per heavy atom. The van der Waals surface area contributed by atoms with Gasteiger partial charge in [-0.3, -0.25) is 4.98 Å². The number of nitrogens with zero attached hydrogens (tertiary/aromatic N) is 1. The van der Waals surface area contributed by atoms with E-state index >= 15 is 0 Å². The number of benzene rings is 1. The van der Waals surface area contributed by atoms with Crippen molar-refractivity contribution in [2.75, 3.05) is 7.11 Å². The van der Waals surface area contributed by atoms with Crippen LogP contribution in [0.3, 0.4) is 0 Å². The van der Waals surface area contributed by atoms with Gasteiger partial charge in [0.25, 0.3) is 0 Å². The summed E-state index contributed by atoms with van der Waals surface area (Å²) in [5, 5.41) is 0. The Morgan fingerprint density at radius 1 is 1.28 bits per heavy atom. The second-order valence-electron chi connectivity index (χ2n) is 3.78. The van der Waals surface area contributed by atoms with Gasteiger partial charge in [0, 0.05) is 18.3 Å². The van der Waals surface area contributed by atoms with E-state index in [1.165, 1.54) is 13.3 Å². The standard InChI is InChI=1S/C14H14N2O2/c1-18-14(17)11-6-7-13(16-9-11)12-5-3-2-4-10(12)8-15/h2-7,9H,8,15H2,1H3. The van der Waals surface area contributed by atoms with Crippen molar-refractivity contribution in [3.63, 3.8) is 0 Å². The Labute approximate surface area is 105 Å². The van der Waals surface area contributed by atoms with Crippen molar-refractivity contribution >= 4 is 5.97 Å². The third kappa shape index (κ3) is 2.38. The number of aromatic nitrogens is 1. The maximum atomic E-state index is 11.3. The molecule has 0 aliphatic rings. The van der Waals surface area contributed by atoms with E-state index in [1.54, 1.807) is 12.1 Å². The zero-order valence-corrected chi connectivity index (χ0v) is 10.1. The highest BCUT2D eigenvalue weighted by Crippen LogP contribution is 2.21. The molecule has 0 radical (unpaired) electrons. The molecule has 1 aromatic carbocycles. The van der Waals surface area contributed by atoms with Gasteiger partial charge in [0.2, 0.25) is 0 Å². The van der Waals surface area contributed by atoms with Gasteiger partial charge in [-0.05, 0) is 17.7 Å². The minimum atomic E-state index is -0.388. The summed E-state index contributed by atoms with van der Waals surface area (Å²) in [4.78, 5) is 15.6. The Morgan fingerprint density at radius 3 is 2.67 bits per heavy atom. The Balaban J connectivity index is 2.37. The third-order valence-corrected chi connectivity index (χ3v) is 2.70. The largest absolute Gasteiger partial charge is 0.465 e. The van der Waals surface area contributed by atoms with Gasteiger partial charge in [-0.2, -0.15) is 0 Å². The van der Waals surface area contributed by atoms with Crippen LogP contribution >= 0.6 is 0 Å². The van der Waals surface area contributed by atoms with Crippen molar-refractivity contribution in [2.45, 2.75) is 6.54 Å². The monoisotopic (exact) mass is 242 g/mol. The summed E-state index contributed by atoms with van der Waals surface area (Å²) >= 11 is 0. The molecule has 0 spiro atoms. The van der Waals surface area contributed by atoms with Crippen molar-refractivity contribution in [1.29, 1.82) is 0 Å². The predicted molar refractivity (Wildman–Crippen MR) is 68.9 cm³/mol. The van der Waals surface area contributed by atoms with Crippen LogP contribution in [0.2, 0.25) is 0 Å². The van der Waals surface area contributed by atoms with E-state index in [2.05, 4.69) is 9.72 Å². The van der Waals surface area contributed by atoms with Crippen molar-refractivity contribution < 1.29 is 9.53 Å². The van der Waals surface area contributed by atoms with E-state index in [0.717, 1.165) is 16.8 Å². The molecule has 92 valence electrons. The Kier molecular flexibility index (Phi) is 3.69. The molecule has 2 aromatic rings. The van der Waals surface area contributed by atoms with E-state index < -0.39 is 0 Å². The second-order valence-corrected chi connectivity index (χ2v) is 3.78. The van der Waals surface area contributed by atoms with Crippen LogP contribution in [0.1, 0.15) is 15.9 Å². The molecule has 0 unspecified atom stereocenters. The first-order chi connectivity index (χ1) is 8.76. The van der Waals surface area contributed by atoms with Gasteiger partial charge in [-0.15, -0.1) is 0 Å². The number of hydrogen-bond donors (Lipinski definition) is 1. The van der Waals surface area contributed by atoms with E-state index in [0.29, 0.717) is 12.1 Å². The summed E-state index contributed by atoms with van der Waals surface area (Å²) in [5.74, 6) is -0.388. The molecule has 2 rings (SSSR count). The van der Waals surface area contributed by atoms with Gasteiger partial charge in [0.15, 0.2) is 0 Å². The highest BCUT2D eigenvalue weighted by molar-refractivity contribution is 5.89. The topological polar surface area (TPSA) is 65.2 Å². The number of rotatable bonds is 3. The van der Waals surface area contributed by atoms with Crippen LogP contribution < -0.4 is 5.73 Å². The maximum absolute atomic E-state index is 11.3. The summed E-state index contributed by atoms with van der Waals surface area (Å²) in [6.07, 6.45) is 1.51. The lowest BCUT2D eigenvalue weighted by Crippen LogP contribution is -2.03. The van der Waals surface area contributed by atoms with E-state index in [1.807, 2.05) is 24.3 Å². The molecule has 0 aliphatic carbocycles. The van der Waals surface area contributed by atoms with E-state index in [-0.39, 0.29) is 5.97 Å². The summed E-state index contributed by atoms with van der Waals surface area (Å²) in [7, 11) is 1.35. The molecule has 0 fully saturated rings. The summed E-state index contributed by atoms with van der Waals surface area (Å²) in [6, 6.07) is 11.3. The number of pyridine rings is 1. The van der Waals surface area contributed by atoms with Crippen LogP contribution in [0.25, 0.3) is 11.3 Å². The van der Waals surface area contributed by atoms with Crippen LogP contribution in [0.5, 0.6) is 0 Å². The Bertz CT molecular complexity index is 550. The minimum absolute atomic E-state index is 0.388. The summed E-state index contributed by atoms with van der Waals surface area (Å²) in [5.41, 5.74) is 8.92. The molecule has 4 heteroatoms. The average Bonchev–Trinajstić information content (AvgIpc) is 2.46. The molecule has 0 aliphatic heterocycles. The molecule has 0 amide bonds. The molecular formula is C14H14N2O2. The van der Waals surface area contributed by atoms with Gasteiger partial charge in [-0.25, -0.2) is 4.79 Å². The molecule has 1 aromatic heterocycles. The number of esters is 1. The van der Waals surface area contributed by atoms with Gasteiger partial charge < -0.3 is 10.5 Å². The molecular weight excluding hydrogens is 228 g/mol. The number of hydrogen-bond acceptors (Lipinski definition) is 4. The molecule has 0 bridgehead atoms. The zero-order chi connectivity index (χ0) is 13.0. The second kappa shape index (κ2) is 5.42. The van der Waals surface area contributed by atoms with Gasteiger partial charge in [0.05, 0.1) is 18.4 Å². The maximum Gasteiger partial charge on any atom is 0.339 e. The summed E-state index contributed by atoms with van der Waals surface area (Å²) < 4.78 is 4.63. The lowest BCUT2D eigenvalue weighted by atomic mass is 10.0. The molecule has 4 nitrogen and oxygen atoms in total. The highest BCUT2D eigenvalue weighted by Gasteiger charge is 2.08. The molecule has 0 saturated heterocycles. The first kappa shape index (κ1) is 12.3. The van der Waals surface area contributed by atoms with Crippen LogP contribution in [0.15, 0.2) is 42.6 Å². The van der Waals surface area contributed by atoms with Gasteiger partial charge in [-0.1, -0.05) is 24.3 Å². The fraction of sp³-hybridized carbons (Fsp3) is 0.143. The van der Waals surface area contributed by atoms with E-state index in [4.69, 9.17) is 5.73 Å². The van der Waals surface area contributed by atoms with Crippen LogP contribution in [0, 0.1) is 0 Å². The van der Waals surface area contributed by atoms with Crippen molar-refractivity contribution in [2.24, 2.45) is 5.73 Å². The SMILES string of the molecule is COC(=O)c1ccc(-c2ccccc2CN)nc1. The lowest BCUT2D eigenvalue weighted by Gasteiger charge is -2.07. The molecule has 1 heterocycles. The Hall–Kier alpha value is -2.20. The van der Waals surface area contributed by atoms with Crippen LogP contribution in [-0.4, -0.2) is 18.1 Å². The van der Waals surface area contributed by atoms with Gasteiger partial charge >= 0.3 is 5.97 Å². The minimum Gasteiger partial charge on any atom is -0.465 e. The number of carbonyl (C=O) groups is 1. The fourth-order valence-corrected chi connectivity index (χ4v) is 1.74. The quantitative estimate of drug-likeness (QED) is 0.836. The molecule has 2 N–H and O–H groups in total. The molecule has 0 saturated carbocycles.